The highest BCUT2D eigenvalue weighted by Gasteiger charge is 2.23. The van der Waals surface area contributed by atoms with Crippen LogP contribution in [0.1, 0.15) is 36.2 Å². The maximum atomic E-state index is 12.4. The van der Waals surface area contributed by atoms with Crippen LogP contribution in [0.4, 0.5) is 0 Å². The minimum atomic E-state index is -0.875. The van der Waals surface area contributed by atoms with Crippen LogP contribution in [0.2, 0.25) is 0 Å². The van der Waals surface area contributed by atoms with Gasteiger partial charge in [0.2, 0.25) is 0 Å². The minimum Gasteiger partial charge on any atom is -0.463 e. The molecule has 22 heavy (non-hydrogen) atoms. The second-order valence-corrected chi connectivity index (χ2v) is 4.61. The minimum absolute atomic E-state index is 0.115. The third kappa shape index (κ3) is 4.98. The number of hydrogen-bond donors (Lipinski definition) is 0. The van der Waals surface area contributed by atoms with Gasteiger partial charge in [0.15, 0.2) is 5.78 Å². The molecule has 0 saturated carbocycles. The molecule has 1 aromatic rings. The number of benzene rings is 1. The molecule has 0 spiro atoms. The van der Waals surface area contributed by atoms with Crippen molar-refractivity contribution in [2.45, 2.75) is 20.3 Å². The summed E-state index contributed by atoms with van der Waals surface area (Å²) in [4.78, 5) is 35.3. The van der Waals surface area contributed by atoms with Crippen molar-refractivity contribution in [3.63, 3.8) is 0 Å². The van der Waals surface area contributed by atoms with E-state index in [1.807, 2.05) is 6.07 Å². The first-order valence-corrected chi connectivity index (χ1v) is 6.87. The summed E-state index contributed by atoms with van der Waals surface area (Å²) in [5, 5.41) is 8.85. The van der Waals surface area contributed by atoms with Crippen LogP contribution in [0.3, 0.4) is 0 Å². The molecule has 0 aliphatic heterocycles. The lowest BCUT2D eigenvalue weighted by molar-refractivity contribution is -0.137. The van der Waals surface area contributed by atoms with Crippen molar-refractivity contribution < 1.29 is 19.1 Å². The van der Waals surface area contributed by atoms with Gasteiger partial charge in [-0.25, -0.2) is 4.79 Å². The third-order valence-corrected chi connectivity index (χ3v) is 3.00. The zero-order valence-electron chi connectivity index (χ0n) is 12.5. The van der Waals surface area contributed by atoms with Crippen molar-refractivity contribution in [1.82, 2.24) is 0 Å². The lowest BCUT2D eigenvalue weighted by Gasteiger charge is -2.10. The number of ether oxygens (including phenoxy) is 1. The van der Waals surface area contributed by atoms with Crippen LogP contribution >= 0.6 is 0 Å². The summed E-state index contributed by atoms with van der Waals surface area (Å²) in [7, 11) is 0. The number of allylic oxidation sites excluding steroid dienone is 1. The molecular formula is C17H17NO4. The fraction of sp³-hybridized carbons (Fsp3) is 0.294. The van der Waals surface area contributed by atoms with E-state index in [4.69, 9.17) is 10.00 Å². The normalized spacial score (nSPS) is 11.7. The van der Waals surface area contributed by atoms with E-state index >= 15 is 0 Å². The van der Waals surface area contributed by atoms with E-state index in [1.165, 1.54) is 25.1 Å². The van der Waals surface area contributed by atoms with Gasteiger partial charge in [0, 0.05) is 11.6 Å². The van der Waals surface area contributed by atoms with Gasteiger partial charge in [0.1, 0.15) is 5.78 Å². The van der Waals surface area contributed by atoms with E-state index in [2.05, 4.69) is 0 Å². The molecule has 0 N–H and O–H groups in total. The Balaban J connectivity index is 2.86. The Morgan fingerprint density at radius 2 is 2.09 bits per heavy atom. The molecule has 0 bridgehead atoms. The average molecular weight is 299 g/mol. The molecule has 5 nitrogen and oxygen atoms in total. The Morgan fingerprint density at radius 3 is 2.68 bits per heavy atom. The maximum absolute atomic E-state index is 12.4. The number of rotatable bonds is 7. The molecule has 0 amide bonds. The molecule has 0 aliphatic carbocycles. The average Bonchev–Trinajstić information content (AvgIpc) is 2.51. The van der Waals surface area contributed by atoms with Crippen molar-refractivity contribution in [3.05, 3.63) is 47.5 Å². The van der Waals surface area contributed by atoms with Crippen LogP contribution in [0, 0.1) is 17.2 Å². The van der Waals surface area contributed by atoms with Crippen molar-refractivity contribution in [2.75, 3.05) is 6.61 Å². The van der Waals surface area contributed by atoms with Gasteiger partial charge in [-0.1, -0.05) is 18.2 Å². The molecule has 1 aromatic carbocycles. The predicted molar refractivity (Wildman–Crippen MR) is 80.0 cm³/mol. The molecule has 1 atom stereocenters. The van der Waals surface area contributed by atoms with Gasteiger partial charge < -0.3 is 4.74 Å². The number of ketones is 2. The second kappa shape index (κ2) is 8.53. The summed E-state index contributed by atoms with van der Waals surface area (Å²) in [6.45, 7) is 3.28. The lowest BCUT2D eigenvalue weighted by Crippen LogP contribution is -2.21. The molecular weight excluding hydrogens is 282 g/mol. The summed E-state index contributed by atoms with van der Waals surface area (Å²) in [5.74, 6) is -2.04. The first kappa shape index (κ1) is 17.3. The molecule has 0 saturated heterocycles. The highest BCUT2D eigenvalue weighted by Crippen LogP contribution is 2.16. The molecule has 114 valence electrons. The van der Waals surface area contributed by atoms with Crippen molar-refractivity contribution in [3.8, 4) is 6.07 Å². The number of nitrogens with zero attached hydrogens (tertiary/aromatic N) is 1. The Kier molecular flexibility index (Phi) is 6.71. The number of nitriles is 1. The SMILES string of the molecule is CCOC(=O)/C=C/CC(C(C)=O)C(=O)c1cccc(C#N)c1. The van der Waals surface area contributed by atoms with E-state index in [0.717, 1.165) is 0 Å². The fourth-order valence-corrected chi connectivity index (χ4v) is 1.89. The molecule has 1 rings (SSSR count). The number of esters is 1. The van der Waals surface area contributed by atoms with E-state index < -0.39 is 11.9 Å². The molecule has 0 fully saturated rings. The van der Waals surface area contributed by atoms with Gasteiger partial charge in [-0.15, -0.1) is 0 Å². The Hall–Kier alpha value is -2.74. The van der Waals surface area contributed by atoms with Gasteiger partial charge >= 0.3 is 5.97 Å². The van der Waals surface area contributed by atoms with Gasteiger partial charge in [0.05, 0.1) is 24.2 Å². The Labute approximate surface area is 129 Å². The van der Waals surface area contributed by atoms with Gasteiger partial charge in [-0.2, -0.15) is 5.26 Å². The first-order valence-electron chi connectivity index (χ1n) is 6.87. The van der Waals surface area contributed by atoms with E-state index in [9.17, 15) is 14.4 Å². The lowest BCUT2D eigenvalue weighted by atomic mass is 9.90. The summed E-state index contributed by atoms with van der Waals surface area (Å²) in [6.07, 6.45) is 2.78. The molecule has 0 radical (unpaired) electrons. The zero-order valence-corrected chi connectivity index (χ0v) is 12.5. The van der Waals surface area contributed by atoms with Crippen molar-refractivity contribution >= 4 is 17.5 Å². The van der Waals surface area contributed by atoms with E-state index in [1.54, 1.807) is 25.1 Å². The van der Waals surface area contributed by atoms with Gasteiger partial charge in [0.25, 0.3) is 0 Å². The highest BCUT2D eigenvalue weighted by atomic mass is 16.5. The maximum Gasteiger partial charge on any atom is 0.330 e. The molecule has 0 aromatic heterocycles. The highest BCUT2D eigenvalue weighted by molar-refractivity contribution is 6.10. The van der Waals surface area contributed by atoms with Gasteiger partial charge in [-0.05, 0) is 32.4 Å². The summed E-state index contributed by atoms with van der Waals surface area (Å²) < 4.78 is 4.73. The molecule has 0 heterocycles. The summed E-state index contributed by atoms with van der Waals surface area (Å²) >= 11 is 0. The van der Waals surface area contributed by atoms with E-state index in [-0.39, 0.29) is 24.6 Å². The van der Waals surface area contributed by atoms with Crippen molar-refractivity contribution in [2.24, 2.45) is 5.92 Å². The van der Waals surface area contributed by atoms with Crippen LogP contribution in [0.5, 0.6) is 0 Å². The zero-order chi connectivity index (χ0) is 16.5. The number of carbonyl (C=O) groups excluding carboxylic acids is 3. The molecule has 0 aliphatic rings. The standard InChI is InChI=1S/C17H17NO4/c1-3-22-16(20)9-5-8-15(12(2)19)17(21)14-7-4-6-13(10-14)11-18/h4-7,9-10,15H,3,8H2,1-2H3/b9-5+. The fourth-order valence-electron chi connectivity index (χ4n) is 1.89. The topological polar surface area (TPSA) is 84.2 Å². The Morgan fingerprint density at radius 1 is 1.36 bits per heavy atom. The van der Waals surface area contributed by atoms with Crippen LogP contribution in [0.25, 0.3) is 0 Å². The monoisotopic (exact) mass is 299 g/mol. The summed E-state index contributed by atoms with van der Waals surface area (Å²) in [5.41, 5.74) is 0.666. The largest absolute Gasteiger partial charge is 0.463 e. The van der Waals surface area contributed by atoms with Crippen molar-refractivity contribution in [1.29, 1.82) is 5.26 Å². The summed E-state index contributed by atoms with van der Waals surface area (Å²) in [6, 6.07) is 8.14. The molecule has 5 heteroatoms. The number of carbonyl (C=O) groups is 3. The van der Waals surface area contributed by atoms with Gasteiger partial charge in [-0.3, -0.25) is 9.59 Å². The molecule has 1 unspecified atom stereocenters. The quantitative estimate of drug-likeness (QED) is 0.334. The number of hydrogen-bond acceptors (Lipinski definition) is 5. The number of Topliss-reactive ketones (excluding diaryl/α,β-unsaturated/α-hetero) is 2. The van der Waals surface area contributed by atoms with Crippen LogP contribution < -0.4 is 0 Å². The second-order valence-electron chi connectivity index (χ2n) is 4.61. The van der Waals surface area contributed by atoms with Crippen LogP contribution in [-0.2, 0) is 14.3 Å². The van der Waals surface area contributed by atoms with Crippen LogP contribution in [0.15, 0.2) is 36.4 Å². The predicted octanol–water partition coefficient (Wildman–Crippen LogP) is 2.46. The first-order chi connectivity index (χ1) is 10.5. The van der Waals surface area contributed by atoms with Crippen LogP contribution in [-0.4, -0.2) is 24.1 Å². The smallest absolute Gasteiger partial charge is 0.330 e. The Bertz CT molecular complexity index is 640. The third-order valence-electron chi connectivity index (χ3n) is 3.00. The van der Waals surface area contributed by atoms with E-state index in [0.29, 0.717) is 11.1 Å².